The van der Waals surface area contributed by atoms with Gasteiger partial charge in [0.15, 0.2) is 0 Å². The Kier molecular flexibility index (Phi) is 6.63. The first kappa shape index (κ1) is 22.5. The topological polar surface area (TPSA) is 95.0 Å². The van der Waals surface area contributed by atoms with Gasteiger partial charge in [-0.3, -0.25) is 0 Å². The van der Waals surface area contributed by atoms with Crippen molar-refractivity contribution in [3.05, 3.63) is 106 Å². The monoisotopic (exact) mass is 481 g/mol. The average Bonchev–Trinajstić information content (AvgIpc) is 3.62. The summed E-state index contributed by atoms with van der Waals surface area (Å²) in [5.74, 6) is -0.364. The minimum Gasteiger partial charge on any atom is -0.478 e. The zero-order chi connectivity index (χ0) is 24.0. The van der Waals surface area contributed by atoms with Gasteiger partial charge in [-0.05, 0) is 58.0 Å². The fourth-order valence-corrected chi connectivity index (χ4v) is 4.75. The molecule has 0 unspecified atom stereocenters. The minimum atomic E-state index is -0.922. The molecule has 0 saturated carbocycles. The average molecular weight is 482 g/mol. The van der Waals surface area contributed by atoms with Crippen LogP contribution in [0.2, 0.25) is 0 Å². The largest absolute Gasteiger partial charge is 0.478 e. The van der Waals surface area contributed by atoms with Crippen LogP contribution in [0.4, 0.5) is 5.69 Å². The van der Waals surface area contributed by atoms with Crippen LogP contribution in [-0.4, -0.2) is 38.2 Å². The molecule has 2 heterocycles. The molecular formula is C27H23N5O2S. The van der Waals surface area contributed by atoms with Gasteiger partial charge in [-0.15, -0.1) is 21.5 Å². The molecule has 0 aliphatic carbocycles. The smallest absolute Gasteiger partial charge is 0.335 e. The second-order valence-electron chi connectivity index (χ2n) is 8.08. The number of carboxylic acids is 1. The van der Waals surface area contributed by atoms with Crippen molar-refractivity contribution in [1.82, 2.24) is 20.6 Å². The molecule has 2 aromatic heterocycles. The summed E-state index contributed by atoms with van der Waals surface area (Å²) < 4.78 is 0. The molecule has 5 rings (SSSR count). The quantitative estimate of drug-likeness (QED) is 0.287. The van der Waals surface area contributed by atoms with Gasteiger partial charge in [0, 0.05) is 29.2 Å². The molecule has 8 heteroatoms. The Balaban J connectivity index is 1.40. The molecule has 35 heavy (non-hydrogen) atoms. The number of rotatable bonds is 9. The number of aromatic amines is 1. The van der Waals surface area contributed by atoms with Crippen molar-refractivity contribution < 1.29 is 9.90 Å². The van der Waals surface area contributed by atoms with E-state index < -0.39 is 5.97 Å². The maximum absolute atomic E-state index is 11.5. The maximum Gasteiger partial charge on any atom is 0.335 e. The van der Waals surface area contributed by atoms with Gasteiger partial charge >= 0.3 is 5.97 Å². The van der Waals surface area contributed by atoms with E-state index in [2.05, 4.69) is 67.3 Å². The number of tetrazole rings is 1. The summed E-state index contributed by atoms with van der Waals surface area (Å²) in [6.45, 7) is 1.45. The zero-order valence-corrected chi connectivity index (χ0v) is 19.7. The predicted octanol–water partition coefficient (Wildman–Crippen LogP) is 5.54. The van der Waals surface area contributed by atoms with Gasteiger partial charge in [0.2, 0.25) is 5.82 Å². The van der Waals surface area contributed by atoms with Crippen molar-refractivity contribution in [2.45, 2.75) is 13.0 Å². The normalized spacial score (nSPS) is 10.9. The second-order valence-corrected chi connectivity index (χ2v) is 9.12. The van der Waals surface area contributed by atoms with E-state index in [1.807, 2.05) is 30.3 Å². The molecule has 0 spiro atoms. The highest BCUT2D eigenvalue weighted by Crippen LogP contribution is 2.30. The molecule has 0 bridgehead atoms. The lowest BCUT2D eigenvalue weighted by Crippen LogP contribution is -2.25. The van der Waals surface area contributed by atoms with Gasteiger partial charge in [-0.1, -0.05) is 60.7 Å². The van der Waals surface area contributed by atoms with Gasteiger partial charge in [0.25, 0.3) is 0 Å². The van der Waals surface area contributed by atoms with Crippen LogP contribution in [0.5, 0.6) is 0 Å². The number of aromatic carboxylic acids is 1. The minimum absolute atomic E-state index is 0.289. The van der Waals surface area contributed by atoms with Crippen LogP contribution in [0, 0.1) is 0 Å². The van der Waals surface area contributed by atoms with E-state index in [1.54, 1.807) is 29.5 Å². The highest BCUT2D eigenvalue weighted by atomic mass is 32.1. The number of thiophene rings is 1. The summed E-state index contributed by atoms with van der Waals surface area (Å²) in [5, 5.41) is 26.0. The van der Waals surface area contributed by atoms with Gasteiger partial charge in [-0.2, -0.15) is 5.21 Å². The molecule has 0 atom stereocenters. The lowest BCUT2D eigenvalue weighted by molar-refractivity contribution is 0.0697. The maximum atomic E-state index is 11.5. The summed E-state index contributed by atoms with van der Waals surface area (Å²) in [4.78, 5) is 15.1. The number of hydrogen-bond donors (Lipinski definition) is 2. The zero-order valence-electron chi connectivity index (χ0n) is 18.8. The van der Waals surface area contributed by atoms with Crippen molar-refractivity contribution in [3.8, 4) is 22.5 Å². The molecule has 3 aromatic carbocycles. The third kappa shape index (κ3) is 5.28. The van der Waals surface area contributed by atoms with E-state index in [1.165, 1.54) is 4.88 Å². The Morgan fingerprint density at radius 2 is 1.77 bits per heavy atom. The number of nitrogens with one attached hydrogen (secondary N) is 1. The Bertz CT molecular complexity index is 1400. The van der Waals surface area contributed by atoms with Crippen LogP contribution < -0.4 is 4.90 Å². The highest BCUT2D eigenvalue weighted by Gasteiger charge is 2.13. The van der Waals surface area contributed by atoms with Crippen LogP contribution in [0.1, 0.15) is 20.8 Å². The third-order valence-electron chi connectivity index (χ3n) is 5.82. The van der Waals surface area contributed by atoms with Crippen molar-refractivity contribution in [1.29, 1.82) is 0 Å². The van der Waals surface area contributed by atoms with E-state index >= 15 is 0 Å². The summed E-state index contributed by atoms with van der Waals surface area (Å²) >= 11 is 1.74. The first-order valence-corrected chi connectivity index (χ1v) is 12.1. The molecule has 0 saturated heterocycles. The number of H-pyrrole nitrogens is 1. The van der Waals surface area contributed by atoms with Crippen LogP contribution in [-0.2, 0) is 13.0 Å². The number of hydrogen-bond acceptors (Lipinski definition) is 6. The van der Waals surface area contributed by atoms with Crippen molar-refractivity contribution in [2.24, 2.45) is 0 Å². The fraction of sp³-hybridized carbons (Fsp3) is 0.111. The molecule has 174 valence electrons. The Morgan fingerprint density at radius 3 is 2.49 bits per heavy atom. The number of carbonyl (C=O) groups is 1. The lowest BCUT2D eigenvalue weighted by Gasteiger charge is -2.25. The first-order valence-electron chi connectivity index (χ1n) is 11.2. The Morgan fingerprint density at radius 1 is 0.943 bits per heavy atom. The van der Waals surface area contributed by atoms with Crippen LogP contribution >= 0.6 is 11.3 Å². The summed E-state index contributed by atoms with van der Waals surface area (Å²) in [6, 6.07) is 27.7. The number of aromatic nitrogens is 4. The molecule has 7 nitrogen and oxygen atoms in total. The van der Waals surface area contributed by atoms with Crippen molar-refractivity contribution in [3.63, 3.8) is 0 Å². The first-order chi connectivity index (χ1) is 17.2. The van der Waals surface area contributed by atoms with Gasteiger partial charge < -0.3 is 10.0 Å². The molecule has 0 amide bonds. The van der Waals surface area contributed by atoms with E-state index in [0.717, 1.165) is 40.9 Å². The number of carboxylic acid groups (broad SMARTS) is 1. The van der Waals surface area contributed by atoms with E-state index in [-0.39, 0.29) is 5.56 Å². The van der Waals surface area contributed by atoms with Crippen LogP contribution in [0.25, 0.3) is 22.5 Å². The SMILES string of the molecule is O=C(O)c1cccc(N(CCc2cccs2)Cc2ccc(-c3ccccc3-c3nn[nH]n3)cc2)c1. The number of anilines is 1. The molecular weight excluding hydrogens is 458 g/mol. The summed E-state index contributed by atoms with van der Waals surface area (Å²) in [7, 11) is 0. The molecule has 0 radical (unpaired) electrons. The molecule has 0 aliphatic heterocycles. The fourth-order valence-electron chi connectivity index (χ4n) is 4.05. The number of benzene rings is 3. The van der Waals surface area contributed by atoms with E-state index in [9.17, 15) is 9.90 Å². The predicted molar refractivity (Wildman–Crippen MR) is 138 cm³/mol. The van der Waals surface area contributed by atoms with Gasteiger partial charge in [-0.25, -0.2) is 4.79 Å². The Labute approximate surface area is 206 Å². The van der Waals surface area contributed by atoms with E-state index in [4.69, 9.17) is 0 Å². The highest BCUT2D eigenvalue weighted by molar-refractivity contribution is 7.09. The number of nitrogens with zero attached hydrogens (tertiary/aromatic N) is 4. The van der Waals surface area contributed by atoms with Crippen LogP contribution in [0.3, 0.4) is 0 Å². The van der Waals surface area contributed by atoms with Gasteiger partial charge in [0.1, 0.15) is 0 Å². The van der Waals surface area contributed by atoms with Gasteiger partial charge in [0.05, 0.1) is 5.56 Å². The Hall–Kier alpha value is -4.30. The molecule has 0 aliphatic rings. The van der Waals surface area contributed by atoms with Crippen molar-refractivity contribution >= 4 is 23.0 Å². The van der Waals surface area contributed by atoms with Crippen molar-refractivity contribution in [2.75, 3.05) is 11.4 Å². The molecule has 5 aromatic rings. The molecule has 2 N–H and O–H groups in total. The summed E-state index contributed by atoms with van der Waals surface area (Å²) in [6.07, 6.45) is 0.894. The second kappa shape index (κ2) is 10.3. The van der Waals surface area contributed by atoms with E-state index in [0.29, 0.717) is 12.4 Å². The standard InChI is InChI=1S/C27H23N5O2S/c33-27(34)21-5-3-6-22(17-21)32(15-14-23-7-4-16-35-23)18-19-10-12-20(13-11-19)24-8-1-2-9-25(24)26-28-30-31-29-26/h1-13,16-17H,14-15,18H2,(H,33,34)(H,28,29,30,31). The third-order valence-corrected chi connectivity index (χ3v) is 6.75. The molecule has 0 fully saturated rings. The van der Waals surface area contributed by atoms with Crippen LogP contribution in [0.15, 0.2) is 90.3 Å². The lowest BCUT2D eigenvalue weighted by atomic mass is 9.98. The summed E-state index contributed by atoms with van der Waals surface area (Å²) in [5.41, 5.74) is 5.33.